The fourth-order valence-electron chi connectivity index (χ4n) is 2.44. The van der Waals surface area contributed by atoms with Crippen LogP contribution in [0.5, 0.6) is 0 Å². The maximum absolute atomic E-state index is 12.0. The van der Waals surface area contributed by atoms with Gasteiger partial charge in [0, 0.05) is 19.0 Å². The number of carbonyl (C=O) groups is 1. The van der Waals surface area contributed by atoms with Crippen LogP contribution in [-0.4, -0.2) is 25.0 Å². The van der Waals surface area contributed by atoms with Crippen molar-refractivity contribution >= 4 is 18.3 Å². The molecule has 0 saturated carbocycles. The van der Waals surface area contributed by atoms with Crippen molar-refractivity contribution in [1.29, 1.82) is 0 Å². The van der Waals surface area contributed by atoms with E-state index < -0.39 is 0 Å². The summed E-state index contributed by atoms with van der Waals surface area (Å²) in [6, 6.07) is 10.5. The van der Waals surface area contributed by atoms with Crippen molar-refractivity contribution in [3.05, 3.63) is 35.9 Å². The lowest BCUT2D eigenvalue weighted by Gasteiger charge is -2.24. The lowest BCUT2D eigenvalue weighted by atomic mass is 9.97. The highest BCUT2D eigenvalue weighted by atomic mass is 35.5. The van der Waals surface area contributed by atoms with Crippen LogP contribution in [0, 0.1) is 0 Å². The van der Waals surface area contributed by atoms with Crippen LogP contribution in [-0.2, 0) is 4.79 Å². The Labute approximate surface area is 121 Å². The van der Waals surface area contributed by atoms with Gasteiger partial charge in [-0.3, -0.25) is 4.79 Å². The molecule has 1 unspecified atom stereocenters. The van der Waals surface area contributed by atoms with E-state index >= 15 is 0 Å². The van der Waals surface area contributed by atoms with E-state index in [1.807, 2.05) is 18.2 Å². The molecule has 2 atom stereocenters. The molecule has 4 heteroatoms. The zero-order chi connectivity index (χ0) is 12.8. The molecule has 1 amide bonds. The van der Waals surface area contributed by atoms with Gasteiger partial charge in [0.15, 0.2) is 0 Å². The molecule has 106 valence electrons. The molecule has 0 aromatic heterocycles. The number of amides is 1. The third-order valence-electron chi connectivity index (χ3n) is 3.52. The molecule has 1 aliphatic rings. The number of carbonyl (C=O) groups excluding carboxylic acids is 1. The molecule has 19 heavy (non-hydrogen) atoms. The number of piperidine rings is 1. The van der Waals surface area contributed by atoms with Gasteiger partial charge in [-0.15, -0.1) is 12.4 Å². The molecule has 0 aliphatic carbocycles. The second-order valence-corrected chi connectivity index (χ2v) is 5.13. The minimum absolute atomic E-state index is 0. The van der Waals surface area contributed by atoms with Gasteiger partial charge in [-0.05, 0) is 30.9 Å². The zero-order valence-electron chi connectivity index (χ0n) is 11.4. The number of nitrogens with one attached hydrogen (secondary N) is 2. The van der Waals surface area contributed by atoms with E-state index in [1.165, 1.54) is 5.56 Å². The van der Waals surface area contributed by atoms with Crippen LogP contribution >= 0.6 is 12.4 Å². The predicted molar refractivity (Wildman–Crippen MR) is 80.8 cm³/mol. The zero-order valence-corrected chi connectivity index (χ0v) is 12.2. The van der Waals surface area contributed by atoms with Crippen molar-refractivity contribution in [2.75, 3.05) is 13.1 Å². The Morgan fingerprint density at radius 1 is 1.42 bits per heavy atom. The molecule has 1 aromatic carbocycles. The first-order valence-corrected chi connectivity index (χ1v) is 6.80. The molecular formula is C15H23ClN2O. The molecule has 1 heterocycles. The van der Waals surface area contributed by atoms with Gasteiger partial charge in [0.1, 0.15) is 0 Å². The Morgan fingerprint density at radius 2 is 2.16 bits per heavy atom. The average molecular weight is 283 g/mol. The molecule has 1 aliphatic heterocycles. The van der Waals surface area contributed by atoms with Gasteiger partial charge >= 0.3 is 0 Å². The Bertz CT molecular complexity index is 377. The van der Waals surface area contributed by atoms with E-state index in [4.69, 9.17) is 0 Å². The summed E-state index contributed by atoms with van der Waals surface area (Å²) in [5.41, 5.74) is 1.23. The fraction of sp³-hybridized carbons (Fsp3) is 0.533. The van der Waals surface area contributed by atoms with Gasteiger partial charge < -0.3 is 10.6 Å². The van der Waals surface area contributed by atoms with Gasteiger partial charge in [-0.1, -0.05) is 37.3 Å². The predicted octanol–water partition coefficient (Wildman–Crippen LogP) is 2.47. The SMILES string of the molecule is CC(CC(=O)N[C@H]1CCCNC1)c1ccccc1.Cl. The molecule has 0 bridgehead atoms. The van der Waals surface area contributed by atoms with Crippen molar-refractivity contribution in [2.45, 2.75) is 38.1 Å². The van der Waals surface area contributed by atoms with Gasteiger partial charge in [0.25, 0.3) is 0 Å². The second kappa shape index (κ2) is 8.18. The fourth-order valence-corrected chi connectivity index (χ4v) is 2.44. The van der Waals surface area contributed by atoms with Crippen LogP contribution < -0.4 is 10.6 Å². The lowest BCUT2D eigenvalue weighted by molar-refractivity contribution is -0.122. The summed E-state index contributed by atoms with van der Waals surface area (Å²) < 4.78 is 0. The maximum Gasteiger partial charge on any atom is 0.220 e. The largest absolute Gasteiger partial charge is 0.352 e. The van der Waals surface area contributed by atoms with E-state index in [-0.39, 0.29) is 24.2 Å². The molecule has 1 fully saturated rings. The summed E-state index contributed by atoms with van der Waals surface area (Å²) in [6.07, 6.45) is 2.82. The number of hydrogen-bond donors (Lipinski definition) is 2. The monoisotopic (exact) mass is 282 g/mol. The van der Waals surface area contributed by atoms with Crippen LogP contribution in [0.3, 0.4) is 0 Å². The first-order valence-electron chi connectivity index (χ1n) is 6.80. The van der Waals surface area contributed by atoms with E-state index in [0.29, 0.717) is 12.5 Å². The van der Waals surface area contributed by atoms with E-state index in [2.05, 4.69) is 29.7 Å². The Kier molecular flexibility index (Phi) is 6.89. The standard InChI is InChI=1S/C15H22N2O.ClH/c1-12(13-6-3-2-4-7-13)10-15(18)17-14-8-5-9-16-11-14;/h2-4,6-7,12,14,16H,5,8-11H2,1H3,(H,17,18);1H/t12?,14-;/m0./s1. The highest BCUT2D eigenvalue weighted by Crippen LogP contribution is 2.18. The molecule has 1 saturated heterocycles. The first kappa shape index (κ1) is 16.0. The summed E-state index contributed by atoms with van der Waals surface area (Å²) in [5.74, 6) is 0.447. The van der Waals surface area contributed by atoms with Crippen LogP contribution in [0.2, 0.25) is 0 Å². The van der Waals surface area contributed by atoms with Crippen LogP contribution in [0.25, 0.3) is 0 Å². The Balaban J connectivity index is 0.00000180. The normalized spacial score (nSPS) is 20.2. The van der Waals surface area contributed by atoms with Crippen molar-refractivity contribution in [2.24, 2.45) is 0 Å². The molecule has 2 rings (SSSR count). The maximum atomic E-state index is 12.0. The van der Waals surface area contributed by atoms with Gasteiger partial charge in [-0.2, -0.15) is 0 Å². The molecule has 0 spiro atoms. The Hall–Kier alpha value is -1.06. The van der Waals surface area contributed by atoms with Crippen molar-refractivity contribution in [1.82, 2.24) is 10.6 Å². The summed E-state index contributed by atoms with van der Waals surface area (Å²) >= 11 is 0. The van der Waals surface area contributed by atoms with Gasteiger partial charge in [-0.25, -0.2) is 0 Å². The number of halogens is 1. The lowest BCUT2D eigenvalue weighted by Crippen LogP contribution is -2.45. The van der Waals surface area contributed by atoms with Gasteiger partial charge in [0.05, 0.1) is 0 Å². The second-order valence-electron chi connectivity index (χ2n) is 5.13. The molecule has 3 nitrogen and oxygen atoms in total. The van der Waals surface area contributed by atoms with Crippen molar-refractivity contribution in [3.8, 4) is 0 Å². The summed E-state index contributed by atoms with van der Waals surface area (Å²) in [6.45, 7) is 4.09. The smallest absolute Gasteiger partial charge is 0.220 e. The number of rotatable bonds is 4. The molecule has 0 radical (unpaired) electrons. The number of hydrogen-bond acceptors (Lipinski definition) is 2. The van der Waals surface area contributed by atoms with Gasteiger partial charge in [0.2, 0.25) is 5.91 Å². The Morgan fingerprint density at radius 3 is 2.79 bits per heavy atom. The third-order valence-corrected chi connectivity index (χ3v) is 3.52. The quantitative estimate of drug-likeness (QED) is 0.891. The van der Waals surface area contributed by atoms with Crippen LogP contribution in [0.4, 0.5) is 0 Å². The number of benzene rings is 1. The van der Waals surface area contributed by atoms with Crippen molar-refractivity contribution < 1.29 is 4.79 Å². The van der Waals surface area contributed by atoms with Crippen molar-refractivity contribution in [3.63, 3.8) is 0 Å². The topological polar surface area (TPSA) is 41.1 Å². The van der Waals surface area contributed by atoms with Crippen LogP contribution in [0.15, 0.2) is 30.3 Å². The van der Waals surface area contributed by atoms with E-state index in [0.717, 1.165) is 25.9 Å². The summed E-state index contributed by atoms with van der Waals surface area (Å²) in [4.78, 5) is 12.0. The third kappa shape index (κ3) is 5.21. The molecular weight excluding hydrogens is 260 g/mol. The average Bonchev–Trinajstić information content (AvgIpc) is 2.40. The minimum Gasteiger partial charge on any atom is -0.352 e. The first-order chi connectivity index (χ1) is 8.75. The highest BCUT2D eigenvalue weighted by Gasteiger charge is 2.17. The van der Waals surface area contributed by atoms with E-state index in [9.17, 15) is 4.79 Å². The summed E-state index contributed by atoms with van der Waals surface area (Å²) in [7, 11) is 0. The minimum atomic E-state index is 0. The molecule has 2 N–H and O–H groups in total. The van der Waals surface area contributed by atoms with E-state index in [1.54, 1.807) is 0 Å². The van der Waals surface area contributed by atoms with Crippen LogP contribution in [0.1, 0.15) is 37.7 Å². The summed E-state index contributed by atoms with van der Waals surface area (Å²) in [5, 5.41) is 6.43. The highest BCUT2D eigenvalue weighted by molar-refractivity contribution is 5.85. The molecule has 1 aromatic rings.